The van der Waals surface area contributed by atoms with Crippen molar-refractivity contribution in [2.75, 3.05) is 59.1 Å². The van der Waals surface area contributed by atoms with Crippen LogP contribution in [0.25, 0.3) is 0 Å². The molecule has 0 aromatic heterocycles. The first-order valence-corrected chi connectivity index (χ1v) is 12.2. The number of piperidine rings is 1. The predicted molar refractivity (Wildman–Crippen MR) is 130 cm³/mol. The fraction of sp³-hybridized carbons (Fsp3) is 0.720. The Morgan fingerprint density at radius 3 is 2.56 bits per heavy atom. The Balaban J connectivity index is 0.00000289. The molecular formula is C25H40ClN3O3. The van der Waals surface area contributed by atoms with E-state index in [-0.39, 0.29) is 18.4 Å². The van der Waals surface area contributed by atoms with Crippen LogP contribution in [0.5, 0.6) is 5.75 Å². The second-order valence-corrected chi connectivity index (χ2v) is 9.40. The second-order valence-electron chi connectivity index (χ2n) is 9.40. The summed E-state index contributed by atoms with van der Waals surface area (Å²) >= 11 is 0. The van der Waals surface area contributed by atoms with Crippen LogP contribution in [-0.2, 0) is 17.6 Å². The van der Waals surface area contributed by atoms with Crippen LogP contribution in [0.15, 0.2) is 18.2 Å². The van der Waals surface area contributed by atoms with Gasteiger partial charge in [0, 0.05) is 45.2 Å². The molecule has 180 valence electrons. The molecule has 0 N–H and O–H groups in total. The third-order valence-corrected chi connectivity index (χ3v) is 7.08. The van der Waals surface area contributed by atoms with Gasteiger partial charge in [0.25, 0.3) is 0 Å². The van der Waals surface area contributed by atoms with Crippen LogP contribution in [0.4, 0.5) is 4.79 Å². The molecular weight excluding hydrogens is 426 g/mol. The summed E-state index contributed by atoms with van der Waals surface area (Å²) in [5.41, 5.74) is 2.79. The first-order valence-electron chi connectivity index (χ1n) is 12.2. The molecule has 0 aliphatic carbocycles. The van der Waals surface area contributed by atoms with Gasteiger partial charge in [0.2, 0.25) is 0 Å². The van der Waals surface area contributed by atoms with Crippen molar-refractivity contribution in [3.63, 3.8) is 0 Å². The highest BCUT2D eigenvalue weighted by atomic mass is 35.5. The number of benzene rings is 1. The van der Waals surface area contributed by atoms with Gasteiger partial charge in [-0.25, -0.2) is 4.79 Å². The molecule has 32 heavy (non-hydrogen) atoms. The summed E-state index contributed by atoms with van der Waals surface area (Å²) in [5, 5.41) is 0. The minimum absolute atomic E-state index is 0. The van der Waals surface area contributed by atoms with Gasteiger partial charge in [-0.15, -0.1) is 12.4 Å². The van der Waals surface area contributed by atoms with Crippen molar-refractivity contribution in [3.8, 4) is 5.75 Å². The molecule has 1 aromatic rings. The quantitative estimate of drug-likeness (QED) is 0.613. The summed E-state index contributed by atoms with van der Waals surface area (Å²) in [6.45, 7) is 12.3. The summed E-state index contributed by atoms with van der Waals surface area (Å²) in [4.78, 5) is 19.4. The number of carbonyl (C=O) groups excluding carboxylic acids is 1. The highest BCUT2D eigenvalue weighted by Gasteiger charge is 2.29. The molecule has 1 unspecified atom stereocenters. The summed E-state index contributed by atoms with van der Waals surface area (Å²) in [6.07, 6.45) is 5.52. The van der Waals surface area contributed by atoms with Crippen molar-refractivity contribution < 1.29 is 14.3 Å². The lowest BCUT2D eigenvalue weighted by Crippen LogP contribution is -2.51. The van der Waals surface area contributed by atoms with Crippen molar-refractivity contribution in [2.24, 2.45) is 5.92 Å². The van der Waals surface area contributed by atoms with Crippen LogP contribution >= 0.6 is 12.4 Å². The maximum absolute atomic E-state index is 12.8. The Morgan fingerprint density at radius 2 is 1.84 bits per heavy atom. The first-order chi connectivity index (χ1) is 15.1. The Hall–Kier alpha value is -1.50. The summed E-state index contributed by atoms with van der Waals surface area (Å²) < 4.78 is 11.0. The number of urea groups is 1. The third kappa shape index (κ3) is 6.30. The minimum atomic E-state index is 0. The molecule has 2 amide bonds. The number of morpholine rings is 1. The summed E-state index contributed by atoms with van der Waals surface area (Å²) in [6, 6.07) is 7.46. The maximum Gasteiger partial charge on any atom is 0.320 e. The van der Waals surface area contributed by atoms with E-state index in [0.29, 0.717) is 25.2 Å². The van der Waals surface area contributed by atoms with Gasteiger partial charge in [-0.1, -0.05) is 19.1 Å². The van der Waals surface area contributed by atoms with Gasteiger partial charge in [-0.3, -0.25) is 0 Å². The van der Waals surface area contributed by atoms with Crippen LogP contribution in [0.2, 0.25) is 0 Å². The summed E-state index contributed by atoms with van der Waals surface area (Å²) in [7, 11) is 0. The van der Waals surface area contributed by atoms with E-state index < -0.39 is 0 Å². The maximum atomic E-state index is 12.8. The Bertz CT molecular complexity index is 733. The zero-order chi connectivity index (χ0) is 21.6. The van der Waals surface area contributed by atoms with Gasteiger partial charge in [0.15, 0.2) is 0 Å². The highest BCUT2D eigenvalue weighted by molar-refractivity contribution is 5.85. The number of fused-ring (bicyclic) bond motifs is 1. The standard InChI is InChI=1S/C25H39N3O3.ClH/c1-3-9-28(20(2)17-22-4-5-24-23(18-22)8-14-31-24)19-21-6-10-26(11-7-21)25(29)27-12-15-30-16-13-27;/h4-5,18,20-21H,3,6-17,19H2,1-2H3;1H. The van der Waals surface area contributed by atoms with E-state index in [0.717, 1.165) is 77.3 Å². The molecule has 0 radical (unpaired) electrons. The van der Waals surface area contributed by atoms with E-state index in [2.05, 4.69) is 41.8 Å². The largest absolute Gasteiger partial charge is 0.493 e. The number of hydrogen-bond donors (Lipinski definition) is 0. The van der Waals surface area contributed by atoms with E-state index in [1.165, 1.54) is 17.5 Å². The van der Waals surface area contributed by atoms with Crippen molar-refractivity contribution >= 4 is 18.4 Å². The molecule has 3 aliphatic heterocycles. The molecule has 0 spiro atoms. The molecule has 0 bridgehead atoms. The Labute approximate surface area is 199 Å². The van der Waals surface area contributed by atoms with Gasteiger partial charge in [-0.05, 0) is 62.3 Å². The molecule has 2 fully saturated rings. The van der Waals surface area contributed by atoms with E-state index >= 15 is 0 Å². The molecule has 4 rings (SSSR count). The number of rotatable bonds is 7. The number of hydrogen-bond acceptors (Lipinski definition) is 4. The van der Waals surface area contributed by atoms with Gasteiger partial charge in [0.1, 0.15) is 5.75 Å². The SMILES string of the molecule is CCCN(CC1CCN(C(=O)N2CCOCC2)CC1)C(C)Cc1ccc2c(c1)CCO2.Cl. The molecule has 7 heteroatoms. The molecule has 3 heterocycles. The van der Waals surface area contributed by atoms with Crippen LogP contribution in [0.3, 0.4) is 0 Å². The van der Waals surface area contributed by atoms with Crippen molar-refractivity contribution in [3.05, 3.63) is 29.3 Å². The molecule has 6 nitrogen and oxygen atoms in total. The van der Waals surface area contributed by atoms with Gasteiger partial charge in [0.05, 0.1) is 19.8 Å². The Morgan fingerprint density at radius 1 is 1.12 bits per heavy atom. The Kier molecular flexibility index (Phi) is 9.50. The van der Waals surface area contributed by atoms with E-state index in [9.17, 15) is 4.79 Å². The van der Waals surface area contributed by atoms with Gasteiger partial charge >= 0.3 is 6.03 Å². The lowest BCUT2D eigenvalue weighted by molar-refractivity contribution is 0.0386. The smallest absolute Gasteiger partial charge is 0.320 e. The zero-order valence-electron chi connectivity index (χ0n) is 19.8. The third-order valence-electron chi connectivity index (χ3n) is 7.08. The molecule has 1 atom stereocenters. The van der Waals surface area contributed by atoms with Crippen molar-refractivity contribution in [1.82, 2.24) is 14.7 Å². The van der Waals surface area contributed by atoms with Gasteiger partial charge < -0.3 is 24.2 Å². The van der Waals surface area contributed by atoms with E-state index in [4.69, 9.17) is 9.47 Å². The van der Waals surface area contributed by atoms with Crippen LogP contribution < -0.4 is 4.74 Å². The molecule has 0 saturated carbocycles. The number of nitrogens with zero attached hydrogens (tertiary/aromatic N) is 3. The number of halogens is 1. The number of amides is 2. The monoisotopic (exact) mass is 465 g/mol. The normalized spacial score (nSPS) is 20.0. The average molecular weight is 466 g/mol. The van der Waals surface area contributed by atoms with Crippen molar-refractivity contribution in [2.45, 2.75) is 52.0 Å². The molecule has 3 aliphatic rings. The fourth-order valence-corrected chi connectivity index (χ4v) is 5.21. The van der Waals surface area contributed by atoms with Crippen LogP contribution in [0.1, 0.15) is 44.2 Å². The minimum Gasteiger partial charge on any atom is -0.493 e. The first kappa shape index (κ1) is 25.1. The van der Waals surface area contributed by atoms with Gasteiger partial charge in [-0.2, -0.15) is 0 Å². The number of likely N-dealkylation sites (tertiary alicyclic amines) is 1. The average Bonchev–Trinajstić information content (AvgIpc) is 3.27. The molecule has 1 aromatic carbocycles. The molecule has 2 saturated heterocycles. The van der Waals surface area contributed by atoms with E-state index in [1.807, 2.05) is 4.90 Å². The number of ether oxygens (including phenoxy) is 2. The van der Waals surface area contributed by atoms with E-state index in [1.54, 1.807) is 0 Å². The topological polar surface area (TPSA) is 45.2 Å². The highest BCUT2D eigenvalue weighted by Crippen LogP contribution is 2.27. The van der Waals surface area contributed by atoms with Crippen molar-refractivity contribution in [1.29, 1.82) is 0 Å². The predicted octanol–water partition coefficient (Wildman–Crippen LogP) is 3.85. The van der Waals surface area contributed by atoms with Crippen LogP contribution in [0, 0.1) is 5.92 Å². The second kappa shape index (κ2) is 12.1. The fourth-order valence-electron chi connectivity index (χ4n) is 5.21. The summed E-state index contributed by atoms with van der Waals surface area (Å²) in [5.74, 6) is 1.75. The zero-order valence-corrected chi connectivity index (χ0v) is 20.6. The number of carbonyl (C=O) groups is 1. The lowest BCUT2D eigenvalue weighted by atomic mass is 9.94. The lowest BCUT2D eigenvalue weighted by Gasteiger charge is -2.39. The van der Waals surface area contributed by atoms with Crippen LogP contribution in [-0.4, -0.2) is 85.9 Å².